The Bertz CT molecular complexity index is 1400. The lowest BCUT2D eigenvalue weighted by atomic mass is 10.1. The van der Waals surface area contributed by atoms with Gasteiger partial charge in [0.05, 0.1) is 25.1 Å². The van der Waals surface area contributed by atoms with Crippen LogP contribution in [-0.4, -0.2) is 49.6 Å². The van der Waals surface area contributed by atoms with Gasteiger partial charge in [-0.15, -0.1) is 20.4 Å². The van der Waals surface area contributed by atoms with E-state index in [1.54, 1.807) is 17.7 Å². The number of carbonyl (C=O) groups excluding carboxylic acids is 2. The molecule has 36 heavy (non-hydrogen) atoms. The molecule has 0 saturated carbocycles. The average molecular weight is 524 g/mol. The van der Waals surface area contributed by atoms with Crippen molar-refractivity contribution in [3.8, 4) is 11.4 Å². The number of benzene rings is 2. The van der Waals surface area contributed by atoms with Crippen LogP contribution in [0.4, 0.5) is 5.13 Å². The first-order chi connectivity index (χ1) is 17.4. The Hall–Kier alpha value is -3.77. The molecule has 0 aliphatic carbocycles. The van der Waals surface area contributed by atoms with E-state index in [4.69, 9.17) is 4.74 Å². The Kier molecular flexibility index (Phi) is 7.96. The molecule has 10 nitrogen and oxygen atoms in total. The molecule has 0 spiro atoms. The molecule has 12 heteroatoms. The standard InChI is InChI=1S/C24H25N7O3S2/c1-14-9-10-17(11-15(14)2)22(33)25-12-20-28-30-24(31(20)18-7-5-6-8-19(18)34-4)35-13-21(32)26-23-29-27-16(3)36-23/h5-11H,12-13H2,1-4H3,(H,25,33)(H,26,29,32). The van der Waals surface area contributed by atoms with Crippen LogP contribution in [-0.2, 0) is 11.3 Å². The molecule has 2 heterocycles. The fourth-order valence-corrected chi connectivity index (χ4v) is 4.71. The Morgan fingerprint density at radius 1 is 1.03 bits per heavy atom. The number of para-hydroxylation sites is 2. The van der Waals surface area contributed by atoms with Crippen LogP contribution in [0.1, 0.15) is 32.3 Å². The van der Waals surface area contributed by atoms with Crippen molar-refractivity contribution in [1.82, 2.24) is 30.3 Å². The summed E-state index contributed by atoms with van der Waals surface area (Å²) in [5, 5.41) is 23.8. The highest BCUT2D eigenvalue weighted by molar-refractivity contribution is 7.99. The van der Waals surface area contributed by atoms with Crippen LogP contribution in [0.3, 0.4) is 0 Å². The fourth-order valence-electron chi connectivity index (χ4n) is 3.34. The van der Waals surface area contributed by atoms with E-state index in [0.29, 0.717) is 33.1 Å². The smallest absolute Gasteiger partial charge is 0.251 e. The van der Waals surface area contributed by atoms with Crippen molar-refractivity contribution in [2.45, 2.75) is 32.5 Å². The summed E-state index contributed by atoms with van der Waals surface area (Å²) in [5.74, 6) is 0.735. The van der Waals surface area contributed by atoms with Crippen LogP contribution < -0.4 is 15.4 Å². The number of amides is 2. The molecule has 0 unspecified atom stereocenters. The van der Waals surface area contributed by atoms with Crippen LogP contribution in [0.5, 0.6) is 5.75 Å². The van der Waals surface area contributed by atoms with E-state index in [0.717, 1.165) is 16.1 Å². The van der Waals surface area contributed by atoms with E-state index in [9.17, 15) is 9.59 Å². The van der Waals surface area contributed by atoms with Gasteiger partial charge in [0.25, 0.3) is 5.91 Å². The van der Waals surface area contributed by atoms with Crippen molar-refractivity contribution in [1.29, 1.82) is 0 Å². The van der Waals surface area contributed by atoms with Crippen LogP contribution in [0.2, 0.25) is 0 Å². The van der Waals surface area contributed by atoms with E-state index < -0.39 is 0 Å². The molecule has 2 N–H and O–H groups in total. The zero-order valence-corrected chi connectivity index (χ0v) is 21.9. The minimum atomic E-state index is -0.240. The Morgan fingerprint density at radius 3 is 2.56 bits per heavy atom. The summed E-state index contributed by atoms with van der Waals surface area (Å²) in [7, 11) is 1.58. The summed E-state index contributed by atoms with van der Waals surface area (Å²) in [6, 6.07) is 13.0. The van der Waals surface area contributed by atoms with Gasteiger partial charge in [0.15, 0.2) is 11.0 Å². The minimum Gasteiger partial charge on any atom is -0.495 e. The lowest BCUT2D eigenvalue weighted by Crippen LogP contribution is -2.25. The highest BCUT2D eigenvalue weighted by Gasteiger charge is 2.20. The van der Waals surface area contributed by atoms with Gasteiger partial charge in [0.1, 0.15) is 10.8 Å². The topological polar surface area (TPSA) is 124 Å². The molecule has 2 aromatic carbocycles. The molecule has 0 atom stereocenters. The number of thioether (sulfide) groups is 1. The van der Waals surface area contributed by atoms with Gasteiger partial charge in [-0.1, -0.05) is 41.3 Å². The fraction of sp³-hybridized carbons (Fsp3) is 0.250. The Balaban J connectivity index is 1.54. The number of carbonyl (C=O) groups is 2. The van der Waals surface area contributed by atoms with E-state index in [1.165, 1.54) is 23.1 Å². The average Bonchev–Trinajstić information content (AvgIpc) is 3.48. The number of hydrogen-bond acceptors (Lipinski definition) is 9. The van der Waals surface area contributed by atoms with Gasteiger partial charge in [0.2, 0.25) is 11.0 Å². The first-order valence-corrected chi connectivity index (χ1v) is 12.8. The molecule has 186 valence electrons. The molecule has 0 radical (unpaired) electrons. The first-order valence-electron chi connectivity index (χ1n) is 11.0. The summed E-state index contributed by atoms with van der Waals surface area (Å²) in [6.45, 7) is 5.92. The maximum Gasteiger partial charge on any atom is 0.251 e. The van der Waals surface area contributed by atoms with Gasteiger partial charge >= 0.3 is 0 Å². The molecule has 0 saturated heterocycles. The highest BCUT2D eigenvalue weighted by Crippen LogP contribution is 2.29. The summed E-state index contributed by atoms with van der Waals surface area (Å²) in [6.07, 6.45) is 0. The van der Waals surface area contributed by atoms with Gasteiger partial charge in [-0.2, -0.15) is 0 Å². The maximum atomic E-state index is 12.8. The van der Waals surface area contributed by atoms with Crippen molar-refractivity contribution in [3.05, 3.63) is 70.0 Å². The Morgan fingerprint density at radius 2 is 1.83 bits per heavy atom. The summed E-state index contributed by atoms with van der Waals surface area (Å²) < 4.78 is 7.32. The number of nitrogens with one attached hydrogen (secondary N) is 2. The molecular weight excluding hydrogens is 498 g/mol. The largest absolute Gasteiger partial charge is 0.495 e. The first kappa shape index (κ1) is 25.3. The third-order valence-corrected chi connectivity index (χ3v) is 6.99. The number of ether oxygens (including phenoxy) is 1. The molecule has 0 aliphatic heterocycles. The van der Waals surface area contributed by atoms with Crippen molar-refractivity contribution >= 4 is 40.0 Å². The van der Waals surface area contributed by atoms with E-state index in [-0.39, 0.29) is 24.1 Å². The second-order valence-corrected chi connectivity index (χ2v) is 9.98. The van der Waals surface area contributed by atoms with Crippen LogP contribution in [0, 0.1) is 20.8 Å². The zero-order chi connectivity index (χ0) is 25.7. The quantitative estimate of drug-likeness (QED) is 0.318. The number of methoxy groups -OCH3 is 1. The van der Waals surface area contributed by atoms with Gasteiger partial charge in [-0.25, -0.2) is 0 Å². The zero-order valence-electron chi connectivity index (χ0n) is 20.2. The molecule has 2 aromatic heterocycles. The molecular formula is C24H25N7O3S2. The normalized spacial score (nSPS) is 10.8. The van der Waals surface area contributed by atoms with Gasteiger partial charge in [0, 0.05) is 5.56 Å². The third-order valence-electron chi connectivity index (χ3n) is 5.31. The minimum absolute atomic E-state index is 0.0842. The second-order valence-electron chi connectivity index (χ2n) is 7.85. The third kappa shape index (κ3) is 5.89. The van der Waals surface area contributed by atoms with Crippen molar-refractivity contribution in [2.75, 3.05) is 18.2 Å². The number of aryl methyl sites for hydroxylation is 3. The lowest BCUT2D eigenvalue weighted by Gasteiger charge is -2.14. The summed E-state index contributed by atoms with van der Waals surface area (Å²) in [4.78, 5) is 25.3. The molecule has 0 fully saturated rings. The van der Waals surface area contributed by atoms with Crippen molar-refractivity contribution in [3.63, 3.8) is 0 Å². The van der Waals surface area contributed by atoms with Gasteiger partial charge in [-0.3, -0.25) is 19.5 Å². The predicted octanol–water partition coefficient (Wildman–Crippen LogP) is 3.71. The number of nitrogens with zero attached hydrogens (tertiary/aromatic N) is 5. The number of anilines is 1. The van der Waals surface area contributed by atoms with Crippen LogP contribution >= 0.6 is 23.1 Å². The molecule has 4 aromatic rings. The lowest BCUT2D eigenvalue weighted by molar-refractivity contribution is -0.113. The predicted molar refractivity (Wildman–Crippen MR) is 139 cm³/mol. The highest BCUT2D eigenvalue weighted by atomic mass is 32.2. The van der Waals surface area contributed by atoms with Crippen LogP contribution in [0.15, 0.2) is 47.6 Å². The van der Waals surface area contributed by atoms with Gasteiger partial charge < -0.3 is 10.1 Å². The van der Waals surface area contributed by atoms with Crippen molar-refractivity contribution < 1.29 is 14.3 Å². The summed E-state index contributed by atoms with van der Waals surface area (Å²) >= 11 is 2.52. The summed E-state index contributed by atoms with van der Waals surface area (Å²) in [5.41, 5.74) is 3.43. The number of aromatic nitrogens is 5. The molecule has 0 aliphatic rings. The van der Waals surface area contributed by atoms with E-state index in [1.807, 2.05) is 57.2 Å². The number of hydrogen-bond donors (Lipinski definition) is 2. The number of rotatable bonds is 9. The van der Waals surface area contributed by atoms with Crippen LogP contribution in [0.25, 0.3) is 5.69 Å². The van der Waals surface area contributed by atoms with E-state index >= 15 is 0 Å². The monoisotopic (exact) mass is 523 g/mol. The SMILES string of the molecule is COc1ccccc1-n1c(CNC(=O)c2ccc(C)c(C)c2)nnc1SCC(=O)Nc1nnc(C)s1. The second kappa shape index (κ2) is 11.3. The maximum absolute atomic E-state index is 12.8. The molecule has 2 amide bonds. The Labute approximate surface area is 216 Å². The molecule has 4 rings (SSSR count). The van der Waals surface area contributed by atoms with Gasteiger partial charge in [-0.05, 0) is 56.2 Å². The molecule has 0 bridgehead atoms. The van der Waals surface area contributed by atoms with Crippen molar-refractivity contribution in [2.24, 2.45) is 0 Å². The van der Waals surface area contributed by atoms with E-state index in [2.05, 4.69) is 31.0 Å².